The fourth-order valence-electron chi connectivity index (χ4n) is 1.02. The van der Waals surface area contributed by atoms with Crippen molar-refractivity contribution in [1.82, 2.24) is 0 Å². The van der Waals surface area contributed by atoms with Crippen molar-refractivity contribution in [3.05, 3.63) is 27.8 Å². The molecule has 0 saturated heterocycles. The average Bonchev–Trinajstić information content (AvgIpc) is 2.20. The van der Waals surface area contributed by atoms with Gasteiger partial charge in [0.05, 0.1) is 11.5 Å². The zero-order valence-corrected chi connectivity index (χ0v) is 8.73. The molecule has 0 bridgehead atoms. The van der Waals surface area contributed by atoms with Gasteiger partial charge >= 0.3 is 5.69 Å². The molecule has 0 aromatic heterocycles. The van der Waals surface area contributed by atoms with Gasteiger partial charge in [-0.25, -0.2) is 0 Å². The van der Waals surface area contributed by atoms with E-state index in [-0.39, 0.29) is 24.5 Å². The molecular formula is C8H9ClN2O5. The van der Waals surface area contributed by atoms with Crippen molar-refractivity contribution < 1.29 is 19.9 Å². The van der Waals surface area contributed by atoms with Crippen LogP contribution >= 0.6 is 12.4 Å². The zero-order valence-electron chi connectivity index (χ0n) is 7.91. The monoisotopic (exact) mass is 248 g/mol. The smallest absolute Gasteiger partial charge is 0.315 e. The lowest BCUT2D eigenvalue weighted by atomic mass is 10.1. The highest BCUT2D eigenvalue weighted by molar-refractivity contribution is 5.98. The van der Waals surface area contributed by atoms with E-state index in [2.05, 4.69) is 0 Å². The Hall–Kier alpha value is -1.86. The Morgan fingerprint density at radius 1 is 1.44 bits per heavy atom. The number of phenols is 2. The first kappa shape index (κ1) is 14.1. The molecule has 1 aromatic carbocycles. The van der Waals surface area contributed by atoms with Crippen LogP contribution in [0.3, 0.4) is 0 Å². The Labute approximate surface area is 96.1 Å². The molecule has 0 heterocycles. The fraction of sp³-hybridized carbons (Fsp3) is 0.125. The summed E-state index contributed by atoms with van der Waals surface area (Å²) in [5, 5.41) is 28.7. The van der Waals surface area contributed by atoms with Crippen LogP contribution in [0.5, 0.6) is 11.5 Å². The number of nitrogens with zero attached hydrogens (tertiary/aromatic N) is 1. The van der Waals surface area contributed by atoms with Gasteiger partial charge in [-0.15, -0.1) is 12.4 Å². The quantitative estimate of drug-likeness (QED) is 0.311. The minimum absolute atomic E-state index is 0. The lowest BCUT2D eigenvalue weighted by Gasteiger charge is -2.02. The molecule has 1 rings (SSSR count). The molecule has 4 N–H and O–H groups in total. The highest BCUT2D eigenvalue weighted by atomic mass is 35.5. The van der Waals surface area contributed by atoms with Crippen molar-refractivity contribution in [2.24, 2.45) is 5.73 Å². The maximum atomic E-state index is 11.1. The Morgan fingerprint density at radius 2 is 2.00 bits per heavy atom. The third kappa shape index (κ3) is 2.59. The van der Waals surface area contributed by atoms with E-state index in [0.29, 0.717) is 0 Å². The number of halogens is 1. The molecule has 0 aliphatic carbocycles. The number of hydrogen-bond donors (Lipinski definition) is 3. The van der Waals surface area contributed by atoms with Crippen LogP contribution in [0.4, 0.5) is 5.69 Å². The van der Waals surface area contributed by atoms with E-state index in [1.54, 1.807) is 0 Å². The summed E-state index contributed by atoms with van der Waals surface area (Å²) in [7, 11) is 0. The molecule has 0 radical (unpaired) electrons. The number of ketones is 1. The largest absolute Gasteiger partial charge is 0.504 e. The average molecular weight is 249 g/mol. The summed E-state index contributed by atoms with van der Waals surface area (Å²) in [6.45, 7) is -0.332. The maximum absolute atomic E-state index is 11.1. The van der Waals surface area contributed by atoms with E-state index in [9.17, 15) is 14.9 Å². The van der Waals surface area contributed by atoms with Crippen molar-refractivity contribution in [1.29, 1.82) is 0 Å². The minimum atomic E-state index is -0.900. The van der Waals surface area contributed by atoms with E-state index < -0.39 is 27.9 Å². The number of carbonyl (C=O) groups is 1. The van der Waals surface area contributed by atoms with Crippen LogP contribution in [0.15, 0.2) is 12.1 Å². The van der Waals surface area contributed by atoms with Gasteiger partial charge in [-0.05, 0) is 6.07 Å². The number of carbonyl (C=O) groups excluding carboxylic acids is 1. The first-order valence-electron chi connectivity index (χ1n) is 3.91. The second kappa shape index (κ2) is 5.29. The number of Topliss-reactive ketones (excluding diaryl/α,β-unsaturated/α-hetero) is 1. The predicted octanol–water partition coefficient (Wildman–Crippen LogP) is 0.569. The van der Waals surface area contributed by atoms with Crippen LogP contribution < -0.4 is 5.73 Å². The summed E-state index contributed by atoms with van der Waals surface area (Å²) >= 11 is 0. The lowest BCUT2D eigenvalue weighted by molar-refractivity contribution is -0.386. The zero-order chi connectivity index (χ0) is 11.6. The van der Waals surface area contributed by atoms with Crippen molar-refractivity contribution in [3.63, 3.8) is 0 Å². The normalized spacial score (nSPS) is 9.31. The predicted molar refractivity (Wildman–Crippen MR) is 57.1 cm³/mol. The molecule has 1 aromatic rings. The Bertz CT molecular complexity index is 435. The Morgan fingerprint density at radius 3 is 2.44 bits per heavy atom. The minimum Gasteiger partial charge on any atom is -0.504 e. The summed E-state index contributed by atoms with van der Waals surface area (Å²) in [5.74, 6) is -2.15. The third-order valence-corrected chi connectivity index (χ3v) is 1.77. The topological polar surface area (TPSA) is 127 Å². The molecule has 88 valence electrons. The van der Waals surface area contributed by atoms with Crippen molar-refractivity contribution >= 4 is 23.9 Å². The number of aromatic hydroxyl groups is 2. The summed E-state index contributed by atoms with van der Waals surface area (Å²) in [5.41, 5.74) is 4.21. The van der Waals surface area contributed by atoms with Crippen LogP contribution in [-0.2, 0) is 0 Å². The molecule has 0 saturated carbocycles. The van der Waals surface area contributed by atoms with Gasteiger partial charge < -0.3 is 15.9 Å². The maximum Gasteiger partial charge on any atom is 0.315 e. The van der Waals surface area contributed by atoms with Crippen molar-refractivity contribution in [2.75, 3.05) is 6.54 Å². The lowest BCUT2D eigenvalue weighted by Crippen LogP contribution is -2.13. The number of nitro benzene ring substituents is 1. The molecule has 0 unspecified atom stereocenters. The first-order chi connectivity index (χ1) is 6.97. The Kier molecular flexibility index (Phi) is 4.67. The molecule has 0 aliphatic heterocycles. The van der Waals surface area contributed by atoms with E-state index in [1.807, 2.05) is 0 Å². The van der Waals surface area contributed by atoms with E-state index in [4.69, 9.17) is 15.9 Å². The van der Waals surface area contributed by atoms with E-state index >= 15 is 0 Å². The molecule has 8 heteroatoms. The molecule has 16 heavy (non-hydrogen) atoms. The van der Waals surface area contributed by atoms with Crippen molar-refractivity contribution in [3.8, 4) is 11.5 Å². The fourth-order valence-corrected chi connectivity index (χ4v) is 1.02. The van der Waals surface area contributed by atoms with Crippen molar-refractivity contribution in [2.45, 2.75) is 0 Å². The standard InChI is InChI=1S/C8H8N2O5.ClH/c9-3-7(12)4-1-5(10(14)15)8(13)6(11)2-4;/h1-2,11,13H,3,9H2;1H. The summed E-state index contributed by atoms with van der Waals surface area (Å²) in [6, 6.07) is 1.79. The van der Waals surface area contributed by atoms with E-state index in [0.717, 1.165) is 12.1 Å². The van der Waals surface area contributed by atoms with Gasteiger partial charge in [0.25, 0.3) is 0 Å². The number of hydrogen-bond acceptors (Lipinski definition) is 6. The first-order valence-corrected chi connectivity index (χ1v) is 3.91. The number of benzene rings is 1. The number of phenolic OH excluding ortho intramolecular Hbond substituents is 2. The second-order valence-corrected chi connectivity index (χ2v) is 2.75. The number of nitro groups is 1. The number of nitrogens with two attached hydrogens (primary N) is 1. The van der Waals surface area contributed by atoms with Gasteiger partial charge in [0.1, 0.15) is 0 Å². The van der Waals surface area contributed by atoms with Crippen LogP contribution in [0, 0.1) is 10.1 Å². The summed E-state index contributed by atoms with van der Waals surface area (Å²) in [4.78, 5) is 20.6. The SMILES string of the molecule is Cl.NCC(=O)c1cc(O)c(O)c([N+](=O)[O-])c1. The summed E-state index contributed by atoms with van der Waals surface area (Å²) in [6.07, 6.45) is 0. The molecule has 0 spiro atoms. The van der Waals surface area contributed by atoms with Gasteiger partial charge in [-0.2, -0.15) is 0 Å². The molecule has 7 nitrogen and oxygen atoms in total. The summed E-state index contributed by atoms with van der Waals surface area (Å²) < 4.78 is 0. The molecule has 0 atom stereocenters. The third-order valence-electron chi connectivity index (χ3n) is 1.77. The van der Waals surface area contributed by atoms with Crippen LogP contribution in [-0.4, -0.2) is 27.5 Å². The molecular weight excluding hydrogens is 240 g/mol. The van der Waals surface area contributed by atoms with Crippen LogP contribution in [0.2, 0.25) is 0 Å². The highest BCUT2D eigenvalue weighted by Gasteiger charge is 2.20. The molecule has 0 aliphatic rings. The second-order valence-electron chi connectivity index (χ2n) is 2.75. The van der Waals surface area contributed by atoms with Gasteiger partial charge in [0.2, 0.25) is 5.75 Å². The van der Waals surface area contributed by atoms with E-state index in [1.165, 1.54) is 0 Å². The van der Waals surface area contributed by atoms with Gasteiger partial charge in [-0.1, -0.05) is 0 Å². The highest BCUT2D eigenvalue weighted by Crippen LogP contribution is 2.35. The van der Waals surface area contributed by atoms with Gasteiger partial charge in [-0.3, -0.25) is 14.9 Å². The van der Waals surface area contributed by atoms with Gasteiger partial charge in [0.15, 0.2) is 11.5 Å². The van der Waals surface area contributed by atoms with Crippen LogP contribution in [0.1, 0.15) is 10.4 Å². The number of rotatable bonds is 3. The molecule has 0 fully saturated rings. The van der Waals surface area contributed by atoms with Gasteiger partial charge in [0, 0.05) is 11.6 Å². The molecule has 0 amide bonds. The Balaban J connectivity index is 0.00000225. The van der Waals surface area contributed by atoms with Crippen LogP contribution in [0.25, 0.3) is 0 Å².